The number of carbonyl (C=O) groups is 1. The molecule has 1 N–H and O–H groups in total. The van der Waals surface area contributed by atoms with Crippen molar-refractivity contribution in [1.82, 2.24) is 0 Å². The summed E-state index contributed by atoms with van der Waals surface area (Å²) in [5.41, 5.74) is 2.70. The van der Waals surface area contributed by atoms with Crippen LogP contribution >= 0.6 is 11.8 Å². The van der Waals surface area contributed by atoms with Gasteiger partial charge in [0.1, 0.15) is 11.9 Å². The largest absolute Gasteiger partial charge is 0.507 e. The number of hydrogen-bond donors (Lipinski definition) is 1. The third-order valence-corrected chi connectivity index (χ3v) is 10.2. The molecule has 268 valence electrons. The van der Waals surface area contributed by atoms with E-state index in [4.69, 9.17) is 9.47 Å². The number of unbranched alkanes of at least 4 members (excludes halogenated alkanes) is 18. The Morgan fingerprint density at radius 2 is 1.26 bits per heavy atom. The number of thioether (sulfide) groups is 1. The average Bonchev–Trinajstić information content (AvgIpc) is 3.01. The van der Waals surface area contributed by atoms with Gasteiger partial charge in [-0.1, -0.05) is 162 Å². The van der Waals surface area contributed by atoms with Gasteiger partial charge in [-0.15, -0.1) is 0 Å². The van der Waals surface area contributed by atoms with Gasteiger partial charge in [0, 0.05) is 18.8 Å². The lowest BCUT2D eigenvalue weighted by Crippen LogP contribution is -2.26. The van der Waals surface area contributed by atoms with E-state index in [1.807, 2.05) is 30.8 Å². The molecule has 1 unspecified atom stereocenters. The van der Waals surface area contributed by atoms with Gasteiger partial charge in [0.2, 0.25) is 0 Å². The number of aryl methyl sites for hydroxylation is 2. The number of benzene rings is 1. The summed E-state index contributed by atoms with van der Waals surface area (Å²) in [4.78, 5) is 13.0. The number of ether oxygens (including phenoxy) is 2. The number of aromatic hydroxyl groups is 1. The van der Waals surface area contributed by atoms with E-state index in [9.17, 15) is 9.90 Å². The number of rotatable bonds is 30. The van der Waals surface area contributed by atoms with Crippen LogP contribution < -0.4 is 0 Å². The molecule has 4 nitrogen and oxygen atoms in total. The topological polar surface area (TPSA) is 55.8 Å². The molecule has 0 fully saturated rings. The lowest BCUT2D eigenvalue weighted by molar-refractivity contribution is -0.150. The van der Waals surface area contributed by atoms with Crippen molar-refractivity contribution < 1.29 is 19.4 Å². The molecule has 1 atom stereocenters. The fourth-order valence-corrected chi connectivity index (χ4v) is 6.99. The van der Waals surface area contributed by atoms with E-state index in [2.05, 4.69) is 34.6 Å². The van der Waals surface area contributed by atoms with Crippen molar-refractivity contribution in [1.29, 1.82) is 0 Å². The fourth-order valence-electron chi connectivity index (χ4n) is 5.99. The average molecular weight is 663 g/mol. The van der Waals surface area contributed by atoms with Gasteiger partial charge in [0.25, 0.3) is 0 Å². The van der Waals surface area contributed by atoms with Gasteiger partial charge in [-0.25, -0.2) is 0 Å². The highest BCUT2D eigenvalue weighted by Gasteiger charge is 2.21. The second kappa shape index (κ2) is 27.7. The zero-order valence-electron chi connectivity index (χ0n) is 31.2. The summed E-state index contributed by atoms with van der Waals surface area (Å²) in [7, 11) is 0. The van der Waals surface area contributed by atoms with Crippen molar-refractivity contribution in [2.45, 2.75) is 194 Å². The van der Waals surface area contributed by atoms with E-state index < -0.39 is 0 Å². The summed E-state index contributed by atoms with van der Waals surface area (Å²) >= 11 is 1.90. The molecule has 46 heavy (non-hydrogen) atoms. The van der Waals surface area contributed by atoms with E-state index in [1.54, 1.807) is 0 Å². The van der Waals surface area contributed by atoms with Crippen molar-refractivity contribution in [2.75, 3.05) is 24.7 Å². The maximum atomic E-state index is 13.0. The highest BCUT2D eigenvalue weighted by molar-refractivity contribution is 7.99. The molecule has 0 radical (unpaired) electrons. The Morgan fingerprint density at radius 1 is 0.761 bits per heavy atom. The highest BCUT2D eigenvalue weighted by atomic mass is 32.2. The van der Waals surface area contributed by atoms with Crippen molar-refractivity contribution in [2.24, 2.45) is 0 Å². The van der Waals surface area contributed by atoms with Crippen molar-refractivity contribution >= 4 is 17.7 Å². The second-order valence-electron chi connectivity index (χ2n) is 14.7. The molecule has 5 heteroatoms. The van der Waals surface area contributed by atoms with Gasteiger partial charge in [0.15, 0.2) is 0 Å². The number of carbonyl (C=O) groups excluding carboxylic acids is 1. The molecule has 0 saturated heterocycles. The Kier molecular flexibility index (Phi) is 25.8. The SMILES string of the molecule is CCCCCCCCCCCCOCC(CSCCCCCCCCCCCC)OC(=O)CCc1cc(C)c(O)c(C(C)(C)C)c1. The molecule has 0 amide bonds. The summed E-state index contributed by atoms with van der Waals surface area (Å²) in [5.74, 6) is 2.12. The summed E-state index contributed by atoms with van der Waals surface area (Å²) in [6.07, 6.45) is 27.4. The van der Waals surface area contributed by atoms with E-state index in [0.29, 0.717) is 25.2 Å². The van der Waals surface area contributed by atoms with Crippen LogP contribution in [0.1, 0.15) is 186 Å². The molecule has 0 aromatic heterocycles. The minimum atomic E-state index is -0.199. The Bertz CT molecular complexity index is 850. The molecule has 0 heterocycles. The molecule has 1 rings (SSSR count). The quantitative estimate of drug-likeness (QED) is 0.0656. The van der Waals surface area contributed by atoms with Crippen LogP contribution in [-0.4, -0.2) is 41.9 Å². The Hall–Kier alpha value is -1.20. The van der Waals surface area contributed by atoms with Crippen LogP contribution in [-0.2, 0) is 26.1 Å². The maximum Gasteiger partial charge on any atom is 0.306 e. The first-order valence-electron chi connectivity index (χ1n) is 19.4. The third-order valence-electron chi connectivity index (χ3n) is 8.98. The van der Waals surface area contributed by atoms with Crippen LogP contribution in [0.15, 0.2) is 12.1 Å². The normalized spacial score (nSPS) is 12.5. The van der Waals surface area contributed by atoms with Gasteiger partial charge in [0.05, 0.1) is 6.61 Å². The summed E-state index contributed by atoms with van der Waals surface area (Å²) in [6.45, 7) is 14.0. The highest BCUT2D eigenvalue weighted by Crippen LogP contribution is 2.34. The Labute approximate surface area is 290 Å². The molecule has 1 aromatic carbocycles. The maximum absolute atomic E-state index is 13.0. The van der Waals surface area contributed by atoms with Crippen molar-refractivity contribution in [3.05, 3.63) is 28.8 Å². The van der Waals surface area contributed by atoms with E-state index in [0.717, 1.165) is 41.2 Å². The van der Waals surface area contributed by atoms with Gasteiger partial charge >= 0.3 is 5.97 Å². The lowest BCUT2D eigenvalue weighted by atomic mass is 9.83. The van der Waals surface area contributed by atoms with Crippen LogP contribution in [0.5, 0.6) is 5.75 Å². The van der Waals surface area contributed by atoms with Crippen LogP contribution in [0.3, 0.4) is 0 Å². The number of phenols is 1. The molecular formula is C41H74O4S. The monoisotopic (exact) mass is 663 g/mol. The van der Waals surface area contributed by atoms with Gasteiger partial charge in [-0.3, -0.25) is 4.79 Å². The molecule has 0 aliphatic heterocycles. The van der Waals surface area contributed by atoms with E-state index in [1.165, 1.54) is 122 Å². The van der Waals surface area contributed by atoms with Gasteiger partial charge < -0.3 is 14.6 Å². The van der Waals surface area contributed by atoms with Crippen LogP contribution in [0, 0.1) is 6.92 Å². The van der Waals surface area contributed by atoms with Crippen molar-refractivity contribution in [3.8, 4) is 5.75 Å². The number of hydrogen-bond acceptors (Lipinski definition) is 5. The predicted octanol–water partition coefficient (Wildman–Crippen LogP) is 12.4. The molecule has 0 aliphatic rings. The van der Waals surface area contributed by atoms with Crippen LogP contribution in [0.4, 0.5) is 0 Å². The van der Waals surface area contributed by atoms with E-state index >= 15 is 0 Å². The number of esters is 1. The smallest absolute Gasteiger partial charge is 0.306 e. The second-order valence-corrected chi connectivity index (χ2v) is 15.8. The van der Waals surface area contributed by atoms with Crippen LogP contribution in [0.2, 0.25) is 0 Å². The molecule has 0 spiro atoms. The molecule has 0 aliphatic carbocycles. The lowest BCUT2D eigenvalue weighted by Gasteiger charge is -2.23. The first kappa shape index (κ1) is 42.8. The van der Waals surface area contributed by atoms with Crippen molar-refractivity contribution in [3.63, 3.8) is 0 Å². The summed E-state index contributed by atoms with van der Waals surface area (Å²) < 4.78 is 12.0. The molecule has 1 aromatic rings. The minimum Gasteiger partial charge on any atom is -0.507 e. The zero-order valence-corrected chi connectivity index (χ0v) is 32.0. The third kappa shape index (κ3) is 22.4. The minimum absolute atomic E-state index is 0.157. The first-order valence-corrected chi connectivity index (χ1v) is 20.5. The van der Waals surface area contributed by atoms with Gasteiger partial charge in [-0.05, 0) is 54.0 Å². The molecule has 0 bridgehead atoms. The summed E-state index contributed by atoms with van der Waals surface area (Å²) in [5, 5.41) is 10.6. The molecule has 0 saturated carbocycles. The predicted molar refractivity (Wildman–Crippen MR) is 202 cm³/mol. The fraction of sp³-hybridized carbons (Fsp3) is 0.829. The number of phenolic OH excluding ortho intramolecular Hbond substituents is 1. The molecular weight excluding hydrogens is 589 g/mol. The Morgan fingerprint density at radius 3 is 1.78 bits per heavy atom. The van der Waals surface area contributed by atoms with Crippen LogP contribution in [0.25, 0.3) is 0 Å². The standard InChI is InChI=1S/C41H74O4S/c1-7-9-11-13-15-17-19-21-23-25-29-44-33-37(34-46-30-26-24-22-20-18-16-14-12-10-8-2)45-39(42)28-27-36-31-35(3)40(43)38(32-36)41(4,5)6/h31-32,37,43H,7-30,33-34H2,1-6H3. The Balaban J connectivity index is 2.42. The van der Waals surface area contributed by atoms with E-state index in [-0.39, 0.29) is 17.5 Å². The summed E-state index contributed by atoms with van der Waals surface area (Å²) in [6, 6.07) is 4.04. The first-order chi connectivity index (χ1) is 22.2. The van der Waals surface area contributed by atoms with Gasteiger partial charge in [-0.2, -0.15) is 11.8 Å². The zero-order chi connectivity index (χ0) is 33.9.